The Balaban J connectivity index is 1.86. The summed E-state index contributed by atoms with van der Waals surface area (Å²) < 4.78 is 20.5. The second-order valence-electron chi connectivity index (χ2n) is 5.63. The highest BCUT2D eigenvalue weighted by Crippen LogP contribution is 2.17. The number of anilines is 1. The van der Waals surface area contributed by atoms with Crippen LogP contribution in [-0.4, -0.2) is 49.3 Å². The van der Waals surface area contributed by atoms with E-state index in [-0.39, 0.29) is 17.7 Å². The van der Waals surface area contributed by atoms with Gasteiger partial charge >= 0.3 is 5.97 Å². The van der Waals surface area contributed by atoms with Crippen LogP contribution in [0.2, 0.25) is 0 Å². The monoisotopic (exact) mass is 389 g/mol. The lowest BCUT2D eigenvalue weighted by Gasteiger charge is -2.09. The van der Waals surface area contributed by atoms with Gasteiger partial charge < -0.3 is 18.9 Å². The van der Waals surface area contributed by atoms with Crippen molar-refractivity contribution in [3.05, 3.63) is 35.9 Å². The zero-order valence-corrected chi connectivity index (χ0v) is 16.1. The number of carbonyl (C=O) groups excluding carboxylic acids is 2. The Morgan fingerprint density at radius 2 is 1.68 bits per heavy atom. The number of ether oxygens (including phenoxy) is 4. The van der Waals surface area contributed by atoms with Crippen molar-refractivity contribution in [3.8, 4) is 17.5 Å². The van der Waals surface area contributed by atoms with Gasteiger partial charge in [0.2, 0.25) is 17.7 Å². The molecule has 2 aromatic rings. The van der Waals surface area contributed by atoms with Crippen LogP contribution in [0.4, 0.5) is 5.95 Å². The van der Waals surface area contributed by atoms with Crippen LogP contribution >= 0.6 is 0 Å². The molecule has 9 heteroatoms. The third-order valence-electron chi connectivity index (χ3n) is 3.54. The first kappa shape index (κ1) is 20.9. The third-order valence-corrected chi connectivity index (χ3v) is 3.54. The molecule has 0 saturated carbocycles. The molecule has 1 amide bonds. The van der Waals surface area contributed by atoms with E-state index in [1.54, 1.807) is 24.3 Å². The van der Waals surface area contributed by atoms with E-state index < -0.39 is 18.5 Å². The fraction of sp³-hybridized carbons (Fsp3) is 0.368. The molecule has 0 radical (unpaired) electrons. The average Bonchev–Trinajstić information content (AvgIpc) is 2.72. The van der Waals surface area contributed by atoms with Gasteiger partial charge in [0.1, 0.15) is 5.75 Å². The summed E-state index contributed by atoms with van der Waals surface area (Å²) in [4.78, 5) is 32.0. The topological polar surface area (TPSA) is 109 Å². The van der Waals surface area contributed by atoms with Crippen LogP contribution in [0.3, 0.4) is 0 Å². The van der Waals surface area contributed by atoms with Gasteiger partial charge in [-0.15, -0.1) is 0 Å². The van der Waals surface area contributed by atoms with E-state index >= 15 is 0 Å². The molecule has 1 N–H and O–H groups in total. The number of benzene rings is 1. The molecule has 0 atom stereocenters. The lowest BCUT2D eigenvalue weighted by molar-refractivity contribution is -0.119. The number of carbonyl (C=O) groups is 2. The van der Waals surface area contributed by atoms with E-state index in [1.807, 2.05) is 0 Å². The van der Waals surface area contributed by atoms with E-state index in [1.165, 1.54) is 20.3 Å². The minimum absolute atomic E-state index is 0.0224. The highest BCUT2D eigenvalue weighted by Gasteiger charge is 2.13. The SMILES string of the molecule is CCCCOc1ccc(C(=O)OCC(=O)Nc2nc(OC)cc(OC)n2)cc1. The van der Waals surface area contributed by atoms with Gasteiger partial charge in [0.15, 0.2) is 6.61 Å². The number of aromatic nitrogens is 2. The van der Waals surface area contributed by atoms with E-state index in [0.717, 1.165) is 12.8 Å². The van der Waals surface area contributed by atoms with Crippen molar-refractivity contribution < 1.29 is 28.5 Å². The predicted molar refractivity (Wildman–Crippen MR) is 101 cm³/mol. The molecule has 1 aromatic heterocycles. The van der Waals surface area contributed by atoms with Gasteiger partial charge in [-0.25, -0.2) is 4.79 Å². The molecule has 0 unspecified atom stereocenters. The Hall–Kier alpha value is -3.36. The minimum Gasteiger partial charge on any atom is -0.494 e. The summed E-state index contributed by atoms with van der Waals surface area (Å²) in [6.45, 7) is 2.21. The smallest absolute Gasteiger partial charge is 0.338 e. The molecule has 0 saturated heterocycles. The molecule has 1 heterocycles. The highest BCUT2D eigenvalue weighted by atomic mass is 16.5. The highest BCUT2D eigenvalue weighted by molar-refractivity contribution is 5.94. The molecule has 2 rings (SSSR count). The Labute approximate surface area is 163 Å². The van der Waals surface area contributed by atoms with Crippen LogP contribution in [0.1, 0.15) is 30.1 Å². The maximum absolute atomic E-state index is 12.1. The van der Waals surface area contributed by atoms with Gasteiger partial charge in [-0.2, -0.15) is 9.97 Å². The zero-order chi connectivity index (χ0) is 20.4. The molecular formula is C19H23N3O6. The lowest BCUT2D eigenvalue weighted by atomic mass is 10.2. The van der Waals surface area contributed by atoms with E-state index in [9.17, 15) is 9.59 Å². The van der Waals surface area contributed by atoms with Crippen molar-refractivity contribution in [2.45, 2.75) is 19.8 Å². The van der Waals surface area contributed by atoms with Crippen molar-refractivity contribution in [2.75, 3.05) is 32.8 Å². The summed E-state index contributed by atoms with van der Waals surface area (Å²) in [7, 11) is 2.85. The second kappa shape index (κ2) is 10.7. The van der Waals surface area contributed by atoms with E-state index in [4.69, 9.17) is 18.9 Å². The largest absolute Gasteiger partial charge is 0.494 e. The van der Waals surface area contributed by atoms with Crippen LogP contribution in [0.15, 0.2) is 30.3 Å². The molecular weight excluding hydrogens is 366 g/mol. The first-order chi connectivity index (χ1) is 13.5. The van der Waals surface area contributed by atoms with Crippen LogP contribution in [0.25, 0.3) is 0 Å². The standard InChI is InChI=1S/C19H23N3O6/c1-4-5-10-27-14-8-6-13(7-9-14)18(24)28-12-15(23)20-19-21-16(25-2)11-17(22-19)26-3/h6-9,11H,4-5,10,12H2,1-3H3,(H,20,21,22,23). The van der Waals surface area contributed by atoms with E-state index in [2.05, 4.69) is 22.2 Å². The van der Waals surface area contributed by atoms with Gasteiger partial charge in [0, 0.05) is 0 Å². The van der Waals surface area contributed by atoms with Gasteiger partial charge in [0.25, 0.3) is 5.91 Å². The van der Waals surface area contributed by atoms with Crippen molar-refractivity contribution in [3.63, 3.8) is 0 Å². The number of nitrogens with zero attached hydrogens (tertiary/aromatic N) is 2. The van der Waals surface area contributed by atoms with Gasteiger partial charge in [-0.1, -0.05) is 13.3 Å². The van der Waals surface area contributed by atoms with Gasteiger partial charge in [-0.3, -0.25) is 10.1 Å². The molecule has 0 bridgehead atoms. The van der Waals surface area contributed by atoms with Gasteiger partial charge in [0.05, 0.1) is 32.5 Å². The molecule has 0 spiro atoms. The molecule has 0 aliphatic rings. The van der Waals surface area contributed by atoms with Crippen LogP contribution in [0.5, 0.6) is 17.5 Å². The van der Waals surface area contributed by atoms with Crippen molar-refractivity contribution >= 4 is 17.8 Å². The predicted octanol–water partition coefficient (Wildman–Crippen LogP) is 2.47. The maximum Gasteiger partial charge on any atom is 0.338 e. The first-order valence-electron chi connectivity index (χ1n) is 8.72. The molecule has 1 aromatic carbocycles. The van der Waals surface area contributed by atoms with Gasteiger partial charge in [-0.05, 0) is 30.7 Å². The fourth-order valence-electron chi connectivity index (χ4n) is 2.07. The number of amides is 1. The van der Waals surface area contributed by atoms with Crippen LogP contribution in [0, 0.1) is 0 Å². The summed E-state index contributed by atoms with van der Waals surface area (Å²) >= 11 is 0. The molecule has 0 aliphatic carbocycles. The summed E-state index contributed by atoms with van der Waals surface area (Å²) in [5, 5.41) is 2.42. The number of rotatable bonds is 10. The Morgan fingerprint density at radius 3 is 2.25 bits per heavy atom. The number of hydrogen-bond acceptors (Lipinski definition) is 8. The molecule has 0 fully saturated rings. The number of hydrogen-bond donors (Lipinski definition) is 1. The van der Waals surface area contributed by atoms with E-state index in [0.29, 0.717) is 17.9 Å². The minimum atomic E-state index is -0.626. The summed E-state index contributed by atoms with van der Waals surface area (Å²) in [5.74, 6) is -0.124. The van der Waals surface area contributed by atoms with Crippen molar-refractivity contribution in [1.82, 2.24) is 9.97 Å². The summed E-state index contributed by atoms with van der Waals surface area (Å²) in [6.07, 6.45) is 2.00. The Kier molecular flexibility index (Phi) is 8.01. The third kappa shape index (κ3) is 6.42. The quantitative estimate of drug-likeness (QED) is 0.488. The first-order valence-corrected chi connectivity index (χ1v) is 8.72. The molecule has 28 heavy (non-hydrogen) atoms. The maximum atomic E-state index is 12.1. The lowest BCUT2D eigenvalue weighted by Crippen LogP contribution is -2.22. The number of methoxy groups -OCH3 is 2. The van der Waals surface area contributed by atoms with Crippen molar-refractivity contribution in [2.24, 2.45) is 0 Å². The molecule has 9 nitrogen and oxygen atoms in total. The zero-order valence-electron chi connectivity index (χ0n) is 16.1. The number of esters is 1. The molecule has 0 aliphatic heterocycles. The summed E-state index contributed by atoms with van der Waals surface area (Å²) in [6, 6.07) is 7.99. The summed E-state index contributed by atoms with van der Waals surface area (Å²) in [5.41, 5.74) is 0.315. The fourth-order valence-corrected chi connectivity index (χ4v) is 2.07. The normalized spacial score (nSPS) is 10.1. The van der Waals surface area contributed by atoms with Crippen LogP contribution < -0.4 is 19.5 Å². The number of unbranched alkanes of at least 4 members (excludes halogenated alkanes) is 1. The van der Waals surface area contributed by atoms with Crippen molar-refractivity contribution in [1.29, 1.82) is 0 Å². The average molecular weight is 389 g/mol. The second-order valence-corrected chi connectivity index (χ2v) is 5.63. The Bertz CT molecular complexity index is 773. The Morgan fingerprint density at radius 1 is 1.04 bits per heavy atom. The molecule has 150 valence electrons. The van der Waals surface area contributed by atoms with Crippen LogP contribution in [-0.2, 0) is 9.53 Å². The number of nitrogens with one attached hydrogen (secondary N) is 1.